The summed E-state index contributed by atoms with van der Waals surface area (Å²) in [6.45, 7) is 8.39. The second-order valence-electron chi connectivity index (χ2n) is 6.86. The highest BCUT2D eigenvalue weighted by atomic mass is 16.3. The average molecular weight is 320 g/mol. The highest BCUT2D eigenvalue weighted by Gasteiger charge is 2.20. The molecule has 3 rings (SSSR count). The van der Waals surface area contributed by atoms with Crippen molar-refractivity contribution in [1.29, 1.82) is 0 Å². The molecule has 0 aliphatic heterocycles. The first-order valence-corrected chi connectivity index (χ1v) is 8.40. The van der Waals surface area contributed by atoms with Crippen molar-refractivity contribution in [2.45, 2.75) is 34.1 Å². The molecule has 0 fully saturated rings. The molecular formula is C21H24N2O. The summed E-state index contributed by atoms with van der Waals surface area (Å²) in [7, 11) is 0. The van der Waals surface area contributed by atoms with Gasteiger partial charge in [-0.05, 0) is 44.4 Å². The van der Waals surface area contributed by atoms with Crippen LogP contribution >= 0.6 is 0 Å². The number of benzene rings is 2. The largest absolute Gasteiger partial charge is 0.504 e. The average Bonchev–Trinajstić information content (AvgIpc) is 2.84. The molecule has 2 aromatic carbocycles. The summed E-state index contributed by atoms with van der Waals surface area (Å²) in [5.74, 6) is 0.720. The SMILES string of the molecule is Cc1ccc(-n2nc(CC(C)C)c(O)c2-c2cccc(C)c2)cc1. The Morgan fingerprint density at radius 3 is 2.33 bits per heavy atom. The summed E-state index contributed by atoms with van der Waals surface area (Å²) in [6, 6.07) is 16.4. The van der Waals surface area contributed by atoms with Gasteiger partial charge in [0.05, 0.1) is 5.69 Å². The molecular weight excluding hydrogens is 296 g/mol. The number of aromatic nitrogens is 2. The van der Waals surface area contributed by atoms with Gasteiger partial charge in [0.1, 0.15) is 11.4 Å². The van der Waals surface area contributed by atoms with E-state index >= 15 is 0 Å². The zero-order chi connectivity index (χ0) is 17.3. The van der Waals surface area contributed by atoms with Gasteiger partial charge in [0.15, 0.2) is 5.75 Å². The third-order valence-electron chi connectivity index (χ3n) is 4.10. The molecule has 0 amide bonds. The first-order valence-electron chi connectivity index (χ1n) is 8.40. The molecule has 0 atom stereocenters. The van der Waals surface area contributed by atoms with Gasteiger partial charge in [-0.25, -0.2) is 4.68 Å². The standard InChI is InChI=1S/C21H24N2O/c1-14(2)12-19-21(24)20(17-7-5-6-16(4)13-17)23(22-19)18-10-8-15(3)9-11-18/h5-11,13-14,24H,12H2,1-4H3. The monoisotopic (exact) mass is 320 g/mol. The van der Waals surface area contributed by atoms with E-state index in [1.165, 1.54) is 5.56 Å². The first-order chi connectivity index (χ1) is 11.5. The molecule has 3 heteroatoms. The quantitative estimate of drug-likeness (QED) is 0.729. The molecule has 0 aliphatic rings. The van der Waals surface area contributed by atoms with Crippen molar-refractivity contribution in [3.63, 3.8) is 0 Å². The van der Waals surface area contributed by atoms with Crippen LogP contribution in [0.4, 0.5) is 0 Å². The van der Waals surface area contributed by atoms with E-state index in [4.69, 9.17) is 5.10 Å². The van der Waals surface area contributed by atoms with Crippen LogP contribution < -0.4 is 0 Å². The van der Waals surface area contributed by atoms with Gasteiger partial charge in [-0.2, -0.15) is 5.10 Å². The topological polar surface area (TPSA) is 38.0 Å². The number of aryl methyl sites for hydroxylation is 2. The van der Waals surface area contributed by atoms with Crippen LogP contribution in [0.1, 0.15) is 30.7 Å². The maximum atomic E-state index is 10.8. The molecule has 0 spiro atoms. The van der Waals surface area contributed by atoms with Gasteiger partial charge in [0.2, 0.25) is 0 Å². The normalized spacial score (nSPS) is 11.2. The molecule has 3 nitrogen and oxygen atoms in total. The molecule has 0 radical (unpaired) electrons. The van der Waals surface area contributed by atoms with E-state index in [1.54, 1.807) is 0 Å². The van der Waals surface area contributed by atoms with Gasteiger partial charge in [0, 0.05) is 5.56 Å². The minimum Gasteiger partial charge on any atom is -0.504 e. The lowest BCUT2D eigenvalue weighted by Crippen LogP contribution is -2.01. The molecule has 24 heavy (non-hydrogen) atoms. The molecule has 124 valence electrons. The van der Waals surface area contributed by atoms with Crippen molar-refractivity contribution >= 4 is 0 Å². The molecule has 0 unspecified atom stereocenters. The Kier molecular flexibility index (Phi) is 4.43. The fourth-order valence-electron chi connectivity index (χ4n) is 2.90. The van der Waals surface area contributed by atoms with Crippen molar-refractivity contribution in [3.8, 4) is 22.7 Å². The van der Waals surface area contributed by atoms with Gasteiger partial charge in [-0.15, -0.1) is 0 Å². The van der Waals surface area contributed by atoms with Gasteiger partial charge < -0.3 is 5.11 Å². The van der Waals surface area contributed by atoms with Crippen LogP contribution in [-0.2, 0) is 6.42 Å². The summed E-state index contributed by atoms with van der Waals surface area (Å²) in [6.07, 6.45) is 0.753. The molecule has 1 heterocycles. The smallest absolute Gasteiger partial charge is 0.165 e. The van der Waals surface area contributed by atoms with Crippen LogP contribution in [-0.4, -0.2) is 14.9 Å². The molecule has 0 bridgehead atoms. The van der Waals surface area contributed by atoms with Crippen molar-refractivity contribution in [3.05, 3.63) is 65.4 Å². The van der Waals surface area contributed by atoms with E-state index in [1.807, 2.05) is 28.9 Å². The molecule has 0 saturated carbocycles. The number of nitrogens with zero attached hydrogens (tertiary/aromatic N) is 2. The van der Waals surface area contributed by atoms with Crippen molar-refractivity contribution in [2.75, 3.05) is 0 Å². The predicted octanol–water partition coefficient (Wildman–Crippen LogP) is 5.06. The number of hydrogen-bond acceptors (Lipinski definition) is 2. The van der Waals surface area contributed by atoms with Crippen LogP contribution in [0, 0.1) is 19.8 Å². The predicted molar refractivity (Wildman–Crippen MR) is 98.7 cm³/mol. The lowest BCUT2D eigenvalue weighted by molar-refractivity contribution is 0.464. The van der Waals surface area contributed by atoms with Crippen molar-refractivity contribution in [1.82, 2.24) is 9.78 Å². The van der Waals surface area contributed by atoms with Crippen molar-refractivity contribution < 1.29 is 5.11 Å². The number of aromatic hydroxyl groups is 1. The van der Waals surface area contributed by atoms with Crippen LogP contribution in [0.5, 0.6) is 5.75 Å². The zero-order valence-electron chi connectivity index (χ0n) is 14.7. The Hall–Kier alpha value is -2.55. The highest BCUT2D eigenvalue weighted by Crippen LogP contribution is 2.35. The van der Waals surface area contributed by atoms with E-state index in [0.29, 0.717) is 5.92 Å². The fourth-order valence-corrected chi connectivity index (χ4v) is 2.90. The molecule has 0 saturated heterocycles. The summed E-state index contributed by atoms with van der Waals surface area (Å²) in [5.41, 5.74) is 5.82. The minimum atomic E-state index is 0.287. The van der Waals surface area contributed by atoms with Gasteiger partial charge in [0.25, 0.3) is 0 Å². The van der Waals surface area contributed by atoms with E-state index in [0.717, 1.165) is 34.6 Å². The number of rotatable bonds is 4. The van der Waals surface area contributed by atoms with Crippen LogP contribution in [0.15, 0.2) is 48.5 Å². The third kappa shape index (κ3) is 3.21. The number of hydrogen-bond donors (Lipinski definition) is 1. The lowest BCUT2D eigenvalue weighted by atomic mass is 10.0. The minimum absolute atomic E-state index is 0.287. The Morgan fingerprint density at radius 2 is 1.71 bits per heavy atom. The van der Waals surface area contributed by atoms with Crippen LogP contribution in [0.3, 0.4) is 0 Å². The summed E-state index contributed by atoms with van der Waals surface area (Å²) in [4.78, 5) is 0. The van der Waals surface area contributed by atoms with Gasteiger partial charge in [-0.1, -0.05) is 55.3 Å². The van der Waals surface area contributed by atoms with E-state index in [9.17, 15) is 5.11 Å². The maximum absolute atomic E-state index is 10.8. The Labute approximate surface area is 143 Å². The third-order valence-corrected chi connectivity index (χ3v) is 4.10. The highest BCUT2D eigenvalue weighted by molar-refractivity contribution is 5.70. The first kappa shape index (κ1) is 16.3. The molecule has 3 aromatic rings. The second-order valence-corrected chi connectivity index (χ2v) is 6.86. The summed E-state index contributed by atoms with van der Waals surface area (Å²) in [5, 5.41) is 15.6. The summed E-state index contributed by atoms with van der Waals surface area (Å²) >= 11 is 0. The van der Waals surface area contributed by atoms with Gasteiger partial charge in [-0.3, -0.25) is 0 Å². The fraction of sp³-hybridized carbons (Fsp3) is 0.286. The summed E-state index contributed by atoms with van der Waals surface area (Å²) < 4.78 is 1.86. The van der Waals surface area contributed by atoms with E-state index in [-0.39, 0.29) is 5.75 Å². The molecule has 1 aromatic heterocycles. The molecule has 0 aliphatic carbocycles. The lowest BCUT2D eigenvalue weighted by Gasteiger charge is -2.09. The Balaban J connectivity index is 2.21. The maximum Gasteiger partial charge on any atom is 0.165 e. The van der Waals surface area contributed by atoms with E-state index < -0.39 is 0 Å². The molecule has 1 N–H and O–H groups in total. The zero-order valence-corrected chi connectivity index (χ0v) is 14.7. The Morgan fingerprint density at radius 1 is 1.00 bits per heavy atom. The van der Waals surface area contributed by atoms with Gasteiger partial charge >= 0.3 is 0 Å². The van der Waals surface area contributed by atoms with Crippen LogP contribution in [0.2, 0.25) is 0 Å². The van der Waals surface area contributed by atoms with Crippen LogP contribution in [0.25, 0.3) is 16.9 Å². The second kappa shape index (κ2) is 6.52. The van der Waals surface area contributed by atoms with Crippen molar-refractivity contribution in [2.24, 2.45) is 5.92 Å². The Bertz CT molecular complexity index is 845. The van der Waals surface area contributed by atoms with E-state index in [2.05, 4.69) is 52.0 Å².